The number of hydrogen-bond donors (Lipinski definition) is 1. The van der Waals surface area contributed by atoms with Crippen LogP contribution in [0.4, 0.5) is 0 Å². The molecule has 0 bridgehead atoms. The molecule has 1 aliphatic rings. The Hall–Kier alpha value is -2.74. The number of nitrogens with zero attached hydrogens (tertiary/aromatic N) is 4. The number of aromatic nitrogens is 4. The van der Waals surface area contributed by atoms with E-state index < -0.39 is 0 Å². The Morgan fingerprint density at radius 3 is 3.08 bits per heavy atom. The molecule has 0 saturated carbocycles. The van der Waals surface area contributed by atoms with E-state index in [0.29, 0.717) is 23.2 Å². The molecule has 0 aromatic carbocycles. The van der Waals surface area contributed by atoms with Crippen molar-refractivity contribution in [1.82, 2.24) is 24.5 Å². The molecule has 1 atom stereocenters. The van der Waals surface area contributed by atoms with Gasteiger partial charge in [-0.15, -0.1) is 0 Å². The first-order chi connectivity index (χ1) is 12.4. The summed E-state index contributed by atoms with van der Waals surface area (Å²) in [4.78, 5) is 29.3. The first-order valence-corrected chi connectivity index (χ1v) is 8.68. The van der Waals surface area contributed by atoms with Crippen LogP contribution in [0.15, 0.2) is 35.5 Å². The fourth-order valence-corrected chi connectivity index (χ4v) is 3.51. The molecule has 3 aromatic rings. The third kappa shape index (κ3) is 3.08. The highest BCUT2D eigenvalue weighted by atomic mass is 16.5. The Morgan fingerprint density at radius 1 is 1.42 bits per heavy atom. The van der Waals surface area contributed by atoms with Gasteiger partial charge in [0.1, 0.15) is 6.54 Å². The van der Waals surface area contributed by atoms with Gasteiger partial charge in [0.2, 0.25) is 5.91 Å². The topological polar surface area (TPSA) is 90.5 Å². The Bertz CT molecular complexity index is 1040. The molecule has 1 aliphatic heterocycles. The molecule has 1 amide bonds. The monoisotopic (exact) mass is 355 g/mol. The highest BCUT2D eigenvalue weighted by molar-refractivity contribution is 5.80. The summed E-state index contributed by atoms with van der Waals surface area (Å²) in [6.07, 6.45) is 6.33. The summed E-state index contributed by atoms with van der Waals surface area (Å²) in [6.45, 7) is 4.63. The van der Waals surface area contributed by atoms with Gasteiger partial charge in [-0.25, -0.2) is 9.50 Å². The van der Waals surface area contributed by atoms with E-state index in [0.717, 1.165) is 12.8 Å². The lowest BCUT2D eigenvalue weighted by atomic mass is 9.94. The number of amides is 1. The number of carbonyl (C=O) groups excluding carboxylic acids is 1. The van der Waals surface area contributed by atoms with Crippen LogP contribution in [-0.4, -0.2) is 43.3 Å². The molecule has 136 valence electrons. The first kappa shape index (κ1) is 16.7. The predicted octanol–water partition coefficient (Wildman–Crippen LogP) is 1.12. The normalized spacial score (nSPS) is 19.7. The quantitative estimate of drug-likeness (QED) is 0.760. The number of hydrogen-bond acceptors (Lipinski definition) is 5. The van der Waals surface area contributed by atoms with Crippen molar-refractivity contribution >= 4 is 22.5 Å². The lowest BCUT2D eigenvalue weighted by Crippen LogP contribution is -2.47. The van der Waals surface area contributed by atoms with Crippen molar-refractivity contribution in [2.45, 2.75) is 44.9 Å². The van der Waals surface area contributed by atoms with Crippen LogP contribution in [0, 0.1) is 0 Å². The average Bonchev–Trinajstić information content (AvgIpc) is 3.05. The Morgan fingerprint density at radius 2 is 2.27 bits per heavy atom. The number of ether oxygens (including phenoxy) is 1. The molecule has 26 heavy (non-hydrogen) atoms. The molecular formula is C18H21N5O3. The number of carbonyl (C=O) groups is 1. The maximum Gasteiger partial charge on any atom is 0.262 e. The van der Waals surface area contributed by atoms with Crippen LogP contribution >= 0.6 is 0 Å². The molecule has 1 unspecified atom stereocenters. The largest absolute Gasteiger partial charge is 0.375 e. The molecule has 4 heterocycles. The third-order valence-corrected chi connectivity index (χ3v) is 4.73. The second-order valence-corrected chi connectivity index (χ2v) is 7.27. The van der Waals surface area contributed by atoms with Gasteiger partial charge >= 0.3 is 0 Å². The second-order valence-electron chi connectivity index (χ2n) is 7.27. The molecular weight excluding hydrogens is 334 g/mol. The van der Waals surface area contributed by atoms with E-state index in [4.69, 9.17) is 4.74 Å². The van der Waals surface area contributed by atoms with Crippen molar-refractivity contribution in [2.24, 2.45) is 0 Å². The van der Waals surface area contributed by atoms with E-state index in [9.17, 15) is 9.59 Å². The number of pyridine rings is 1. The van der Waals surface area contributed by atoms with Crippen molar-refractivity contribution in [3.05, 3.63) is 41.1 Å². The average molecular weight is 355 g/mol. The molecule has 0 aliphatic carbocycles. The zero-order valence-corrected chi connectivity index (χ0v) is 14.8. The zero-order chi connectivity index (χ0) is 18.3. The summed E-state index contributed by atoms with van der Waals surface area (Å²) in [5, 5.41) is 7.63. The number of fused-ring (bicyclic) bond motifs is 3. The van der Waals surface area contributed by atoms with Crippen molar-refractivity contribution in [2.75, 3.05) is 6.61 Å². The minimum absolute atomic E-state index is 0.0241. The minimum atomic E-state index is -0.255. The summed E-state index contributed by atoms with van der Waals surface area (Å²) in [6, 6.07) is 3.62. The van der Waals surface area contributed by atoms with Gasteiger partial charge in [0.25, 0.3) is 5.56 Å². The van der Waals surface area contributed by atoms with Crippen LogP contribution in [0.1, 0.15) is 26.7 Å². The smallest absolute Gasteiger partial charge is 0.262 e. The summed E-state index contributed by atoms with van der Waals surface area (Å²) in [5.41, 5.74) is 0.855. The van der Waals surface area contributed by atoms with Gasteiger partial charge in [-0.1, -0.05) is 0 Å². The van der Waals surface area contributed by atoms with Crippen LogP contribution in [-0.2, 0) is 16.1 Å². The molecule has 1 saturated heterocycles. The van der Waals surface area contributed by atoms with Crippen LogP contribution in [0.3, 0.4) is 0 Å². The van der Waals surface area contributed by atoms with E-state index in [-0.39, 0.29) is 29.7 Å². The van der Waals surface area contributed by atoms with E-state index >= 15 is 0 Å². The van der Waals surface area contributed by atoms with Crippen molar-refractivity contribution in [3.8, 4) is 0 Å². The van der Waals surface area contributed by atoms with Crippen molar-refractivity contribution in [3.63, 3.8) is 0 Å². The maximum absolute atomic E-state index is 12.7. The molecule has 4 rings (SSSR count). The summed E-state index contributed by atoms with van der Waals surface area (Å²) < 4.78 is 8.69. The highest BCUT2D eigenvalue weighted by Gasteiger charge is 2.29. The Kier molecular flexibility index (Phi) is 3.99. The van der Waals surface area contributed by atoms with Gasteiger partial charge in [-0.2, -0.15) is 5.10 Å². The van der Waals surface area contributed by atoms with Gasteiger partial charge in [-0.05, 0) is 32.8 Å². The van der Waals surface area contributed by atoms with E-state index in [2.05, 4.69) is 15.4 Å². The molecule has 0 spiro atoms. The molecule has 8 heteroatoms. The first-order valence-electron chi connectivity index (χ1n) is 8.68. The van der Waals surface area contributed by atoms with Crippen LogP contribution < -0.4 is 10.9 Å². The number of rotatable bonds is 3. The minimum Gasteiger partial charge on any atom is -0.375 e. The van der Waals surface area contributed by atoms with Crippen LogP contribution in [0.25, 0.3) is 16.6 Å². The lowest BCUT2D eigenvalue weighted by molar-refractivity contribution is -0.124. The van der Waals surface area contributed by atoms with Gasteiger partial charge in [0.15, 0.2) is 5.65 Å². The predicted molar refractivity (Wildman–Crippen MR) is 95.9 cm³/mol. The second kappa shape index (κ2) is 6.21. The molecule has 8 nitrogen and oxygen atoms in total. The van der Waals surface area contributed by atoms with Gasteiger partial charge in [0.05, 0.1) is 22.7 Å². The highest BCUT2D eigenvalue weighted by Crippen LogP contribution is 2.23. The van der Waals surface area contributed by atoms with E-state index in [1.165, 1.54) is 10.8 Å². The van der Waals surface area contributed by atoms with E-state index in [1.807, 2.05) is 13.8 Å². The molecule has 3 aromatic heterocycles. The molecule has 0 radical (unpaired) electrons. The number of nitrogens with one attached hydrogen (secondary N) is 1. The Labute approximate surface area is 149 Å². The van der Waals surface area contributed by atoms with Crippen LogP contribution in [0.2, 0.25) is 0 Å². The third-order valence-electron chi connectivity index (χ3n) is 4.73. The zero-order valence-electron chi connectivity index (χ0n) is 14.8. The molecule has 1 N–H and O–H groups in total. The van der Waals surface area contributed by atoms with Crippen LogP contribution in [0.5, 0.6) is 0 Å². The van der Waals surface area contributed by atoms with E-state index in [1.54, 1.807) is 29.0 Å². The summed E-state index contributed by atoms with van der Waals surface area (Å²) >= 11 is 0. The fourth-order valence-electron chi connectivity index (χ4n) is 3.51. The van der Waals surface area contributed by atoms with Crippen molar-refractivity contribution < 1.29 is 9.53 Å². The summed E-state index contributed by atoms with van der Waals surface area (Å²) in [7, 11) is 0. The van der Waals surface area contributed by atoms with Gasteiger partial charge in [0, 0.05) is 31.1 Å². The fraction of sp³-hybridized carbons (Fsp3) is 0.444. The SMILES string of the molecule is CC1(C)CC(NC(=O)Cn2ccc3c(cnc4ccnn43)c2=O)CCO1. The Balaban J connectivity index is 1.55. The van der Waals surface area contributed by atoms with Gasteiger partial charge in [-0.3, -0.25) is 9.59 Å². The van der Waals surface area contributed by atoms with Gasteiger partial charge < -0.3 is 14.6 Å². The summed E-state index contributed by atoms with van der Waals surface area (Å²) in [5.74, 6) is -0.178. The van der Waals surface area contributed by atoms with Crippen molar-refractivity contribution in [1.29, 1.82) is 0 Å². The maximum atomic E-state index is 12.7. The lowest BCUT2D eigenvalue weighted by Gasteiger charge is -2.35. The standard InChI is InChI=1S/C18H21N5O3/c1-18(2)9-12(5-8-26-18)21-16(24)11-22-7-4-14-13(17(22)25)10-19-15-3-6-20-23(14)15/h3-4,6-7,10,12H,5,8-9,11H2,1-2H3,(H,21,24). The molecule has 1 fully saturated rings.